The molecule has 2 aromatic rings. The van der Waals surface area contributed by atoms with Crippen molar-refractivity contribution in [3.8, 4) is 0 Å². The number of halogens is 1. The number of aryl methyl sites for hydroxylation is 1. The van der Waals surface area contributed by atoms with E-state index in [1.807, 2.05) is 36.5 Å². The van der Waals surface area contributed by atoms with Crippen molar-refractivity contribution in [1.29, 1.82) is 0 Å². The van der Waals surface area contributed by atoms with Crippen LogP contribution in [0.4, 0.5) is 0 Å². The topological polar surface area (TPSA) is 45.7 Å². The van der Waals surface area contributed by atoms with Gasteiger partial charge >= 0.3 is 0 Å². The molecule has 0 aliphatic carbocycles. The van der Waals surface area contributed by atoms with E-state index in [-0.39, 0.29) is 18.0 Å². The van der Waals surface area contributed by atoms with Gasteiger partial charge in [-0.25, -0.2) is 0 Å². The molecule has 2 rings (SSSR count). The minimum atomic E-state index is 0.0163. The molecule has 0 aromatic heterocycles. The number of carbonyl (C=O) groups excluding carboxylic acids is 1. The Morgan fingerprint density at radius 3 is 2.21 bits per heavy atom. The van der Waals surface area contributed by atoms with Crippen molar-refractivity contribution in [2.24, 2.45) is 0 Å². The van der Waals surface area contributed by atoms with Gasteiger partial charge in [-0.3, -0.25) is 4.79 Å². The molecule has 0 aliphatic heterocycles. The van der Waals surface area contributed by atoms with E-state index < -0.39 is 0 Å². The monoisotopic (exact) mass is 345 g/mol. The van der Waals surface area contributed by atoms with Gasteiger partial charge in [0.05, 0.1) is 6.04 Å². The first-order chi connectivity index (χ1) is 11.5. The standard InChI is InChI=1S/C20H25ClN2O/c1-4-16-5-7-18(8-6-16)15(3)23-20(24)13-22-14(2)17-9-11-19(21)12-10-17/h5-12,14-15,22H,4,13H2,1-3H3,(H,23,24)/p+1/t14-,15-/m0/s1. The maximum atomic E-state index is 12.2. The van der Waals surface area contributed by atoms with Gasteiger partial charge < -0.3 is 10.6 Å². The molecule has 0 aliphatic rings. The Labute approximate surface area is 149 Å². The normalized spacial score (nSPS) is 13.3. The highest BCUT2D eigenvalue weighted by atomic mass is 35.5. The third-order valence-corrected chi connectivity index (χ3v) is 4.57. The molecule has 0 saturated heterocycles. The van der Waals surface area contributed by atoms with Crippen molar-refractivity contribution in [2.45, 2.75) is 39.3 Å². The van der Waals surface area contributed by atoms with Crippen LogP contribution >= 0.6 is 11.6 Å². The predicted octanol–water partition coefficient (Wildman–Crippen LogP) is 3.40. The molecule has 0 fully saturated rings. The van der Waals surface area contributed by atoms with Gasteiger partial charge in [0.1, 0.15) is 6.04 Å². The Balaban J connectivity index is 1.82. The molecule has 0 radical (unpaired) electrons. The van der Waals surface area contributed by atoms with Gasteiger partial charge in [0, 0.05) is 10.6 Å². The van der Waals surface area contributed by atoms with Gasteiger partial charge in [0.2, 0.25) is 0 Å². The van der Waals surface area contributed by atoms with E-state index in [0.717, 1.165) is 22.6 Å². The van der Waals surface area contributed by atoms with Crippen molar-refractivity contribution >= 4 is 17.5 Å². The fourth-order valence-corrected chi connectivity index (χ4v) is 2.74. The number of amides is 1. The number of nitrogens with one attached hydrogen (secondary N) is 1. The third kappa shape index (κ3) is 5.36. The fraction of sp³-hybridized carbons (Fsp3) is 0.350. The summed E-state index contributed by atoms with van der Waals surface area (Å²) in [5, 5.41) is 5.82. The summed E-state index contributed by atoms with van der Waals surface area (Å²) < 4.78 is 0. The highest BCUT2D eigenvalue weighted by Crippen LogP contribution is 2.14. The zero-order valence-corrected chi connectivity index (χ0v) is 15.3. The molecule has 128 valence electrons. The first-order valence-electron chi connectivity index (χ1n) is 8.46. The molecular formula is C20H26ClN2O+. The second kappa shape index (κ2) is 8.86. The maximum absolute atomic E-state index is 12.2. The van der Waals surface area contributed by atoms with Crippen LogP contribution in [0.2, 0.25) is 5.02 Å². The molecule has 4 heteroatoms. The third-order valence-electron chi connectivity index (χ3n) is 4.32. The van der Waals surface area contributed by atoms with Crippen LogP contribution in [0, 0.1) is 0 Å². The van der Waals surface area contributed by atoms with Gasteiger partial charge in [-0.2, -0.15) is 0 Å². The molecule has 24 heavy (non-hydrogen) atoms. The van der Waals surface area contributed by atoms with Gasteiger partial charge in [-0.1, -0.05) is 54.9 Å². The molecular weight excluding hydrogens is 320 g/mol. The molecule has 0 unspecified atom stereocenters. The Kier molecular flexibility index (Phi) is 6.83. The molecule has 3 N–H and O–H groups in total. The fourth-order valence-electron chi connectivity index (χ4n) is 2.61. The van der Waals surface area contributed by atoms with E-state index >= 15 is 0 Å². The van der Waals surface area contributed by atoms with Crippen LogP contribution in [0.5, 0.6) is 0 Å². The van der Waals surface area contributed by atoms with Gasteiger partial charge in [-0.15, -0.1) is 0 Å². The lowest BCUT2D eigenvalue weighted by Crippen LogP contribution is -2.87. The first-order valence-corrected chi connectivity index (χ1v) is 8.84. The average Bonchev–Trinajstić information content (AvgIpc) is 2.60. The second-order valence-electron chi connectivity index (χ2n) is 6.16. The number of hydrogen-bond donors (Lipinski definition) is 2. The lowest BCUT2D eigenvalue weighted by atomic mass is 10.0. The summed E-state index contributed by atoms with van der Waals surface area (Å²) in [4.78, 5) is 12.2. The molecule has 1 amide bonds. The van der Waals surface area contributed by atoms with Crippen molar-refractivity contribution in [1.82, 2.24) is 5.32 Å². The number of quaternary nitrogens is 1. The highest BCUT2D eigenvalue weighted by molar-refractivity contribution is 6.30. The van der Waals surface area contributed by atoms with Crippen LogP contribution in [0.1, 0.15) is 49.5 Å². The minimum absolute atomic E-state index is 0.0163. The van der Waals surface area contributed by atoms with Crippen molar-refractivity contribution < 1.29 is 10.1 Å². The summed E-state index contributed by atoms with van der Waals surface area (Å²) in [5.41, 5.74) is 3.60. The Hall–Kier alpha value is -1.84. The zero-order chi connectivity index (χ0) is 17.5. The summed E-state index contributed by atoms with van der Waals surface area (Å²) in [7, 11) is 0. The van der Waals surface area contributed by atoms with Crippen LogP contribution in [0.3, 0.4) is 0 Å². The first kappa shape index (κ1) is 18.5. The van der Waals surface area contributed by atoms with E-state index in [9.17, 15) is 4.79 Å². The van der Waals surface area contributed by atoms with Crippen molar-refractivity contribution in [3.63, 3.8) is 0 Å². The largest absolute Gasteiger partial charge is 0.345 e. The summed E-state index contributed by atoms with van der Waals surface area (Å²) in [6, 6.07) is 16.4. The number of nitrogens with two attached hydrogens (primary N) is 1. The quantitative estimate of drug-likeness (QED) is 0.793. The number of benzene rings is 2. The van der Waals surface area contributed by atoms with Gasteiger partial charge in [-0.05, 0) is 43.5 Å². The summed E-state index contributed by atoms with van der Waals surface area (Å²) in [6.45, 7) is 6.64. The molecule has 0 saturated carbocycles. The highest BCUT2D eigenvalue weighted by Gasteiger charge is 2.14. The van der Waals surface area contributed by atoms with Gasteiger partial charge in [0.15, 0.2) is 6.54 Å². The average molecular weight is 346 g/mol. The second-order valence-corrected chi connectivity index (χ2v) is 6.60. The zero-order valence-electron chi connectivity index (χ0n) is 14.6. The predicted molar refractivity (Wildman–Crippen MR) is 99.0 cm³/mol. The van der Waals surface area contributed by atoms with Crippen molar-refractivity contribution in [2.75, 3.05) is 6.54 Å². The van der Waals surface area contributed by atoms with E-state index in [4.69, 9.17) is 11.6 Å². The smallest absolute Gasteiger partial charge is 0.275 e. The van der Waals surface area contributed by atoms with Crippen LogP contribution in [-0.4, -0.2) is 12.5 Å². The van der Waals surface area contributed by atoms with Crippen LogP contribution in [0.25, 0.3) is 0 Å². The van der Waals surface area contributed by atoms with E-state index in [1.54, 1.807) is 0 Å². The Bertz CT molecular complexity index is 652. The maximum Gasteiger partial charge on any atom is 0.275 e. The van der Waals surface area contributed by atoms with Crippen LogP contribution in [-0.2, 0) is 11.2 Å². The molecule has 0 heterocycles. The van der Waals surface area contributed by atoms with Crippen molar-refractivity contribution in [3.05, 3.63) is 70.2 Å². The number of carbonyl (C=O) groups is 1. The van der Waals surface area contributed by atoms with Crippen LogP contribution in [0.15, 0.2) is 48.5 Å². The summed E-state index contributed by atoms with van der Waals surface area (Å²) in [6.07, 6.45) is 1.03. The lowest BCUT2D eigenvalue weighted by molar-refractivity contribution is -0.682. The van der Waals surface area contributed by atoms with E-state index in [0.29, 0.717) is 6.54 Å². The SMILES string of the molecule is CCc1ccc([C@H](C)NC(=O)C[NH2+][C@@H](C)c2ccc(Cl)cc2)cc1. The molecule has 0 spiro atoms. The summed E-state index contributed by atoms with van der Waals surface area (Å²) >= 11 is 5.90. The lowest BCUT2D eigenvalue weighted by Gasteiger charge is -2.16. The van der Waals surface area contributed by atoms with E-state index in [2.05, 4.69) is 43.4 Å². The molecule has 2 aromatic carbocycles. The van der Waals surface area contributed by atoms with Crippen LogP contribution < -0.4 is 10.6 Å². The molecule has 2 atom stereocenters. The Morgan fingerprint density at radius 1 is 1.04 bits per heavy atom. The molecule has 3 nitrogen and oxygen atoms in total. The number of hydrogen-bond acceptors (Lipinski definition) is 1. The minimum Gasteiger partial charge on any atom is -0.345 e. The Morgan fingerprint density at radius 2 is 1.62 bits per heavy atom. The van der Waals surface area contributed by atoms with E-state index in [1.165, 1.54) is 5.56 Å². The number of rotatable bonds is 7. The summed E-state index contributed by atoms with van der Waals surface area (Å²) in [5.74, 6) is 0.0443. The molecule has 0 bridgehead atoms. The van der Waals surface area contributed by atoms with Gasteiger partial charge in [0.25, 0.3) is 5.91 Å².